The lowest BCUT2D eigenvalue weighted by molar-refractivity contribution is 0.00694. The molecule has 1 aromatic rings. The Labute approximate surface area is 101 Å². The Balaban J connectivity index is 2.79. The molecule has 88 valence electrons. The third kappa shape index (κ3) is 4.27. The molecule has 0 amide bonds. The van der Waals surface area contributed by atoms with E-state index >= 15 is 0 Å². The maximum atomic E-state index is 11.8. The van der Waals surface area contributed by atoms with Crippen molar-refractivity contribution < 1.29 is 9.53 Å². The molecule has 1 rings (SSSR count). The molecule has 0 unspecified atom stereocenters. The Kier molecular flexibility index (Phi) is 4.42. The fraction of sp³-hybridized carbons (Fsp3) is 0.462. The molecule has 0 fully saturated rings. The quantitative estimate of drug-likeness (QED) is 0.754. The van der Waals surface area contributed by atoms with Gasteiger partial charge in [0.25, 0.3) is 0 Å². The molecule has 0 spiro atoms. The van der Waals surface area contributed by atoms with Crippen LogP contribution in [-0.2, 0) is 10.5 Å². The van der Waals surface area contributed by atoms with Gasteiger partial charge in [0.15, 0.2) is 0 Å². The smallest absolute Gasteiger partial charge is 0.338 e. The summed E-state index contributed by atoms with van der Waals surface area (Å²) in [6.07, 6.45) is 2.04. The lowest BCUT2D eigenvalue weighted by Gasteiger charge is -2.19. The van der Waals surface area contributed by atoms with Gasteiger partial charge in [-0.2, -0.15) is 11.8 Å². The summed E-state index contributed by atoms with van der Waals surface area (Å²) in [6.45, 7) is 5.62. The molecule has 2 nitrogen and oxygen atoms in total. The first-order chi connectivity index (χ1) is 7.42. The number of rotatable bonds is 3. The fourth-order valence-corrected chi connectivity index (χ4v) is 1.80. The molecule has 0 aromatic heterocycles. The molecule has 0 saturated carbocycles. The molecule has 3 heteroatoms. The zero-order valence-electron chi connectivity index (χ0n) is 10.2. The van der Waals surface area contributed by atoms with Crippen LogP contribution in [0.5, 0.6) is 0 Å². The Morgan fingerprint density at radius 1 is 1.38 bits per heavy atom. The van der Waals surface area contributed by atoms with Crippen LogP contribution in [0.1, 0.15) is 36.7 Å². The normalized spacial score (nSPS) is 11.2. The van der Waals surface area contributed by atoms with Gasteiger partial charge in [0.1, 0.15) is 5.60 Å². The molecule has 0 N–H and O–H groups in total. The van der Waals surface area contributed by atoms with E-state index in [0.717, 1.165) is 11.3 Å². The Morgan fingerprint density at radius 3 is 2.62 bits per heavy atom. The highest BCUT2D eigenvalue weighted by atomic mass is 32.2. The largest absolute Gasteiger partial charge is 0.456 e. The monoisotopic (exact) mass is 238 g/mol. The van der Waals surface area contributed by atoms with Gasteiger partial charge in [-0.3, -0.25) is 0 Å². The summed E-state index contributed by atoms with van der Waals surface area (Å²) in [5.74, 6) is 0.659. The molecule has 0 saturated heterocycles. The molecule has 0 radical (unpaired) electrons. The van der Waals surface area contributed by atoms with Crippen molar-refractivity contribution in [1.29, 1.82) is 0 Å². The van der Waals surface area contributed by atoms with Crippen molar-refractivity contribution in [2.24, 2.45) is 0 Å². The van der Waals surface area contributed by atoms with Crippen LogP contribution in [0.25, 0.3) is 0 Å². The summed E-state index contributed by atoms with van der Waals surface area (Å²) in [7, 11) is 0. The molecular formula is C13H18O2S. The standard InChI is InChI=1S/C13H18O2S/c1-13(2,3)15-12(14)11-7-5-6-10(8-11)9-16-4/h5-8H,9H2,1-4H3. The molecule has 16 heavy (non-hydrogen) atoms. The molecule has 0 aliphatic heterocycles. The summed E-state index contributed by atoms with van der Waals surface area (Å²) >= 11 is 1.74. The van der Waals surface area contributed by atoms with Crippen LogP contribution >= 0.6 is 11.8 Å². The summed E-state index contributed by atoms with van der Waals surface area (Å²) < 4.78 is 5.31. The summed E-state index contributed by atoms with van der Waals surface area (Å²) in [6, 6.07) is 7.59. The van der Waals surface area contributed by atoms with E-state index < -0.39 is 5.60 Å². The third-order valence-corrected chi connectivity index (χ3v) is 2.49. The van der Waals surface area contributed by atoms with Crippen LogP contribution in [0.3, 0.4) is 0 Å². The highest BCUT2D eigenvalue weighted by molar-refractivity contribution is 7.97. The van der Waals surface area contributed by atoms with Gasteiger partial charge in [0.2, 0.25) is 0 Å². The van der Waals surface area contributed by atoms with E-state index in [2.05, 4.69) is 0 Å². The number of esters is 1. The first kappa shape index (κ1) is 13.1. The van der Waals surface area contributed by atoms with E-state index in [9.17, 15) is 4.79 Å². The topological polar surface area (TPSA) is 26.3 Å². The molecule has 0 aliphatic carbocycles. The lowest BCUT2D eigenvalue weighted by Crippen LogP contribution is -2.23. The maximum Gasteiger partial charge on any atom is 0.338 e. The van der Waals surface area contributed by atoms with Gasteiger partial charge >= 0.3 is 5.97 Å². The van der Waals surface area contributed by atoms with Gasteiger partial charge in [-0.05, 0) is 44.7 Å². The van der Waals surface area contributed by atoms with Crippen molar-refractivity contribution in [3.05, 3.63) is 35.4 Å². The Bertz CT molecular complexity index is 366. The number of carbonyl (C=O) groups excluding carboxylic acids is 1. The minimum Gasteiger partial charge on any atom is -0.456 e. The van der Waals surface area contributed by atoms with Crippen LogP contribution in [0.4, 0.5) is 0 Å². The van der Waals surface area contributed by atoms with Crippen molar-refractivity contribution in [1.82, 2.24) is 0 Å². The highest BCUT2D eigenvalue weighted by Gasteiger charge is 2.17. The van der Waals surface area contributed by atoms with Gasteiger partial charge in [-0.25, -0.2) is 4.79 Å². The number of ether oxygens (including phenoxy) is 1. The second kappa shape index (κ2) is 5.39. The molecule has 1 aromatic carbocycles. The minimum absolute atomic E-state index is 0.254. The van der Waals surface area contributed by atoms with Crippen molar-refractivity contribution >= 4 is 17.7 Å². The van der Waals surface area contributed by atoms with Crippen LogP contribution in [-0.4, -0.2) is 17.8 Å². The van der Waals surface area contributed by atoms with Gasteiger partial charge in [0, 0.05) is 5.75 Å². The van der Waals surface area contributed by atoms with Crippen LogP contribution in [0.15, 0.2) is 24.3 Å². The van der Waals surface area contributed by atoms with E-state index in [4.69, 9.17) is 4.74 Å². The molecule has 0 bridgehead atoms. The second-order valence-corrected chi connectivity index (χ2v) is 5.50. The average Bonchev–Trinajstić information content (AvgIpc) is 2.16. The fourth-order valence-electron chi connectivity index (χ4n) is 1.29. The number of benzene rings is 1. The lowest BCUT2D eigenvalue weighted by atomic mass is 10.1. The van der Waals surface area contributed by atoms with E-state index in [1.54, 1.807) is 17.8 Å². The first-order valence-electron chi connectivity index (χ1n) is 5.23. The zero-order chi connectivity index (χ0) is 12.2. The molecule has 0 heterocycles. The van der Waals surface area contributed by atoms with Gasteiger partial charge in [-0.1, -0.05) is 12.1 Å². The van der Waals surface area contributed by atoms with Gasteiger partial charge in [0.05, 0.1) is 5.56 Å². The van der Waals surface area contributed by atoms with Gasteiger partial charge < -0.3 is 4.74 Å². The third-order valence-electron chi connectivity index (χ3n) is 1.87. The Morgan fingerprint density at radius 2 is 2.06 bits per heavy atom. The summed E-state index contributed by atoms with van der Waals surface area (Å²) in [4.78, 5) is 11.8. The van der Waals surface area contributed by atoms with E-state index in [1.807, 2.05) is 45.2 Å². The van der Waals surface area contributed by atoms with Crippen molar-refractivity contribution in [3.8, 4) is 0 Å². The zero-order valence-corrected chi connectivity index (χ0v) is 11.1. The number of hydrogen-bond acceptors (Lipinski definition) is 3. The SMILES string of the molecule is CSCc1cccc(C(=O)OC(C)(C)C)c1. The predicted molar refractivity (Wildman–Crippen MR) is 68.8 cm³/mol. The predicted octanol–water partition coefficient (Wildman–Crippen LogP) is 3.50. The van der Waals surface area contributed by atoms with Crippen LogP contribution in [0.2, 0.25) is 0 Å². The van der Waals surface area contributed by atoms with Gasteiger partial charge in [-0.15, -0.1) is 0 Å². The molecule has 0 atom stereocenters. The Hall–Kier alpha value is -0.960. The average molecular weight is 238 g/mol. The van der Waals surface area contributed by atoms with Crippen molar-refractivity contribution in [2.45, 2.75) is 32.1 Å². The first-order valence-corrected chi connectivity index (χ1v) is 6.63. The maximum absolute atomic E-state index is 11.8. The van der Waals surface area contributed by atoms with Crippen molar-refractivity contribution in [2.75, 3.05) is 6.26 Å². The van der Waals surface area contributed by atoms with E-state index in [1.165, 1.54) is 0 Å². The summed E-state index contributed by atoms with van der Waals surface area (Å²) in [5, 5.41) is 0. The number of hydrogen-bond donors (Lipinski definition) is 0. The van der Waals surface area contributed by atoms with Crippen LogP contribution < -0.4 is 0 Å². The number of thioether (sulfide) groups is 1. The second-order valence-electron chi connectivity index (χ2n) is 4.64. The van der Waals surface area contributed by atoms with Crippen LogP contribution in [0, 0.1) is 0 Å². The van der Waals surface area contributed by atoms with E-state index in [-0.39, 0.29) is 5.97 Å². The summed E-state index contributed by atoms with van der Waals surface area (Å²) in [5.41, 5.74) is 1.34. The van der Waals surface area contributed by atoms with E-state index in [0.29, 0.717) is 5.56 Å². The highest BCUT2D eigenvalue weighted by Crippen LogP contribution is 2.15. The molecule has 0 aliphatic rings. The van der Waals surface area contributed by atoms with Crippen molar-refractivity contribution in [3.63, 3.8) is 0 Å². The minimum atomic E-state index is -0.438. The number of carbonyl (C=O) groups is 1. The molecular weight excluding hydrogens is 220 g/mol.